The minimum Gasteiger partial charge on any atom is -0.480 e. The Kier molecular flexibility index (Phi) is 3.96. The third-order valence-corrected chi connectivity index (χ3v) is 2.84. The lowest BCUT2D eigenvalue weighted by Gasteiger charge is -2.30. The van der Waals surface area contributed by atoms with Crippen LogP contribution in [0.5, 0.6) is 0 Å². The van der Waals surface area contributed by atoms with Gasteiger partial charge in [0.05, 0.1) is 0 Å². The fourth-order valence-corrected chi connectivity index (χ4v) is 1.23. The van der Waals surface area contributed by atoms with Crippen molar-refractivity contribution in [2.75, 3.05) is 7.05 Å². The van der Waals surface area contributed by atoms with E-state index in [1.54, 1.807) is 19.1 Å². The number of furan rings is 1. The standard InChI is InChI=1S/C13H17NO4/c1-9-5-6-10(18-9)7-8-11(15)14(4)13(2,3)12(16)17/h5-8H,1-4H3,(H,16,17). The van der Waals surface area contributed by atoms with Crippen LogP contribution in [0, 0.1) is 6.92 Å². The molecule has 1 rings (SSSR count). The number of hydrogen-bond donors (Lipinski definition) is 1. The van der Waals surface area contributed by atoms with Crippen LogP contribution in [0.2, 0.25) is 0 Å². The molecule has 0 aromatic carbocycles. The Balaban J connectivity index is 2.77. The van der Waals surface area contributed by atoms with Crippen LogP contribution in [-0.2, 0) is 9.59 Å². The van der Waals surface area contributed by atoms with Crippen LogP contribution in [0.4, 0.5) is 0 Å². The van der Waals surface area contributed by atoms with Gasteiger partial charge in [0.2, 0.25) is 5.91 Å². The van der Waals surface area contributed by atoms with E-state index in [2.05, 4.69) is 0 Å². The van der Waals surface area contributed by atoms with Crippen LogP contribution in [0.1, 0.15) is 25.4 Å². The van der Waals surface area contributed by atoms with Crippen molar-refractivity contribution in [2.45, 2.75) is 26.3 Å². The largest absolute Gasteiger partial charge is 0.480 e. The van der Waals surface area contributed by atoms with Gasteiger partial charge in [-0.25, -0.2) is 4.79 Å². The van der Waals surface area contributed by atoms with Crippen molar-refractivity contribution >= 4 is 18.0 Å². The number of likely N-dealkylation sites (N-methyl/N-ethyl adjacent to an activating group) is 1. The topological polar surface area (TPSA) is 70.8 Å². The molecule has 5 heteroatoms. The molecule has 1 aromatic rings. The molecule has 0 saturated heterocycles. The number of aliphatic carboxylic acids is 1. The third kappa shape index (κ3) is 3.00. The lowest BCUT2D eigenvalue weighted by atomic mass is 10.0. The molecule has 0 unspecified atom stereocenters. The highest BCUT2D eigenvalue weighted by molar-refractivity contribution is 5.95. The minimum absolute atomic E-state index is 0.392. The lowest BCUT2D eigenvalue weighted by molar-refractivity contribution is -0.153. The van der Waals surface area contributed by atoms with E-state index in [9.17, 15) is 9.59 Å². The highest BCUT2D eigenvalue weighted by Gasteiger charge is 2.34. The zero-order valence-corrected chi connectivity index (χ0v) is 10.9. The highest BCUT2D eigenvalue weighted by atomic mass is 16.4. The Bertz CT molecular complexity index is 485. The number of rotatable bonds is 4. The zero-order valence-electron chi connectivity index (χ0n) is 10.9. The quantitative estimate of drug-likeness (QED) is 0.830. The molecule has 0 aliphatic heterocycles. The molecule has 1 N–H and O–H groups in total. The van der Waals surface area contributed by atoms with Gasteiger partial charge in [0.1, 0.15) is 17.1 Å². The fraction of sp³-hybridized carbons (Fsp3) is 0.385. The molecule has 18 heavy (non-hydrogen) atoms. The summed E-state index contributed by atoms with van der Waals surface area (Å²) in [6.07, 6.45) is 2.81. The normalized spacial score (nSPS) is 11.8. The van der Waals surface area contributed by atoms with Gasteiger partial charge in [0, 0.05) is 13.1 Å². The van der Waals surface area contributed by atoms with Gasteiger partial charge < -0.3 is 14.4 Å². The van der Waals surface area contributed by atoms with Crippen LogP contribution in [0.3, 0.4) is 0 Å². The molecular formula is C13H17NO4. The molecule has 0 fully saturated rings. The van der Waals surface area contributed by atoms with Crippen LogP contribution in [0.25, 0.3) is 6.08 Å². The summed E-state index contributed by atoms with van der Waals surface area (Å²) in [7, 11) is 1.45. The molecular weight excluding hydrogens is 234 g/mol. The van der Waals surface area contributed by atoms with Gasteiger partial charge in [-0.15, -0.1) is 0 Å². The second-order valence-corrected chi connectivity index (χ2v) is 4.54. The average molecular weight is 251 g/mol. The fourth-order valence-electron chi connectivity index (χ4n) is 1.23. The van der Waals surface area contributed by atoms with Gasteiger partial charge in [-0.3, -0.25) is 4.79 Å². The van der Waals surface area contributed by atoms with E-state index in [0.29, 0.717) is 5.76 Å². The summed E-state index contributed by atoms with van der Waals surface area (Å²) in [5.41, 5.74) is -1.25. The maximum Gasteiger partial charge on any atom is 0.329 e. The van der Waals surface area contributed by atoms with Crippen molar-refractivity contribution in [2.24, 2.45) is 0 Å². The number of carbonyl (C=O) groups is 2. The van der Waals surface area contributed by atoms with E-state index < -0.39 is 17.4 Å². The molecule has 1 amide bonds. The summed E-state index contributed by atoms with van der Waals surface area (Å²) in [5.74, 6) is -0.138. The summed E-state index contributed by atoms with van der Waals surface area (Å²) in [6.45, 7) is 4.75. The first-order chi connectivity index (χ1) is 8.25. The van der Waals surface area contributed by atoms with E-state index in [4.69, 9.17) is 9.52 Å². The molecule has 0 saturated carbocycles. The number of carboxylic acids is 1. The average Bonchev–Trinajstić information content (AvgIpc) is 2.70. The van der Waals surface area contributed by atoms with E-state index in [1.165, 1.54) is 37.9 Å². The number of hydrogen-bond acceptors (Lipinski definition) is 3. The van der Waals surface area contributed by atoms with Crippen LogP contribution in [0.15, 0.2) is 22.6 Å². The molecule has 5 nitrogen and oxygen atoms in total. The summed E-state index contributed by atoms with van der Waals surface area (Å²) in [5, 5.41) is 9.01. The van der Waals surface area contributed by atoms with Gasteiger partial charge in [-0.2, -0.15) is 0 Å². The Morgan fingerprint density at radius 1 is 1.39 bits per heavy atom. The van der Waals surface area contributed by atoms with Gasteiger partial charge in [-0.1, -0.05) is 0 Å². The number of carbonyl (C=O) groups excluding carboxylic acids is 1. The Morgan fingerprint density at radius 3 is 2.44 bits per heavy atom. The molecule has 0 atom stereocenters. The second kappa shape index (κ2) is 5.08. The zero-order chi connectivity index (χ0) is 13.9. The molecule has 1 aromatic heterocycles. The molecule has 1 heterocycles. The van der Waals surface area contributed by atoms with Gasteiger partial charge in [-0.05, 0) is 39.0 Å². The first-order valence-electron chi connectivity index (χ1n) is 5.51. The van der Waals surface area contributed by atoms with Crippen molar-refractivity contribution in [3.05, 3.63) is 29.7 Å². The molecule has 0 aliphatic rings. The monoisotopic (exact) mass is 251 g/mol. The number of nitrogens with zero attached hydrogens (tertiary/aromatic N) is 1. The van der Waals surface area contributed by atoms with E-state index in [-0.39, 0.29) is 0 Å². The maximum atomic E-state index is 11.8. The highest BCUT2D eigenvalue weighted by Crippen LogP contribution is 2.14. The summed E-state index contributed by atoms with van der Waals surface area (Å²) in [6, 6.07) is 3.52. The van der Waals surface area contributed by atoms with E-state index in [1.807, 2.05) is 0 Å². The maximum absolute atomic E-state index is 11.8. The SMILES string of the molecule is Cc1ccc(C=CC(=O)N(C)C(C)(C)C(=O)O)o1. The molecule has 0 bridgehead atoms. The molecule has 0 radical (unpaired) electrons. The van der Waals surface area contributed by atoms with Crippen molar-refractivity contribution in [3.63, 3.8) is 0 Å². The second-order valence-electron chi connectivity index (χ2n) is 4.54. The first-order valence-corrected chi connectivity index (χ1v) is 5.51. The molecule has 98 valence electrons. The summed E-state index contributed by atoms with van der Waals surface area (Å²) in [4.78, 5) is 24.0. The van der Waals surface area contributed by atoms with Gasteiger partial charge in [0.15, 0.2) is 0 Å². The first kappa shape index (κ1) is 14.0. The number of carboxylic acid groups (broad SMARTS) is 1. The van der Waals surface area contributed by atoms with Crippen LogP contribution < -0.4 is 0 Å². The smallest absolute Gasteiger partial charge is 0.329 e. The van der Waals surface area contributed by atoms with Crippen molar-refractivity contribution < 1.29 is 19.1 Å². The minimum atomic E-state index is -1.25. The van der Waals surface area contributed by atoms with E-state index in [0.717, 1.165) is 5.76 Å². The summed E-state index contributed by atoms with van der Waals surface area (Å²) >= 11 is 0. The van der Waals surface area contributed by atoms with E-state index >= 15 is 0 Å². The third-order valence-electron chi connectivity index (χ3n) is 2.84. The predicted molar refractivity (Wildman–Crippen MR) is 67.0 cm³/mol. The van der Waals surface area contributed by atoms with Gasteiger partial charge in [0.25, 0.3) is 0 Å². The predicted octanol–water partition coefficient (Wildman–Crippen LogP) is 1.92. The Morgan fingerprint density at radius 2 is 2.00 bits per heavy atom. The molecule has 0 aliphatic carbocycles. The Hall–Kier alpha value is -2.04. The molecule has 0 spiro atoms. The van der Waals surface area contributed by atoms with Crippen LogP contribution >= 0.6 is 0 Å². The van der Waals surface area contributed by atoms with Crippen molar-refractivity contribution in [3.8, 4) is 0 Å². The van der Waals surface area contributed by atoms with Crippen molar-refractivity contribution in [1.29, 1.82) is 0 Å². The number of aryl methyl sites for hydroxylation is 1. The van der Waals surface area contributed by atoms with Crippen LogP contribution in [-0.4, -0.2) is 34.5 Å². The van der Waals surface area contributed by atoms with Crippen molar-refractivity contribution in [1.82, 2.24) is 4.90 Å². The Labute approximate surface area is 106 Å². The number of amides is 1. The van der Waals surface area contributed by atoms with Gasteiger partial charge >= 0.3 is 5.97 Å². The lowest BCUT2D eigenvalue weighted by Crippen LogP contribution is -2.50. The summed E-state index contributed by atoms with van der Waals surface area (Å²) < 4.78 is 5.27.